The lowest BCUT2D eigenvalue weighted by Gasteiger charge is -2.21. The van der Waals surface area contributed by atoms with Gasteiger partial charge in [0.05, 0.1) is 34.0 Å². The fourth-order valence-electron chi connectivity index (χ4n) is 1.97. The van der Waals surface area contributed by atoms with Gasteiger partial charge in [0.2, 0.25) is 5.75 Å². The normalized spacial score (nSPS) is 12.1. The van der Waals surface area contributed by atoms with E-state index in [4.69, 9.17) is 24.8 Å². The van der Waals surface area contributed by atoms with E-state index in [-0.39, 0.29) is 6.04 Å². The monoisotopic (exact) mass is 284 g/mol. The van der Waals surface area contributed by atoms with Crippen LogP contribution < -0.4 is 25.5 Å². The van der Waals surface area contributed by atoms with Crippen LogP contribution in [0.3, 0.4) is 0 Å². The Balaban J connectivity index is 3.08. The first-order valence-corrected chi connectivity index (χ1v) is 6.56. The summed E-state index contributed by atoms with van der Waals surface area (Å²) in [5.74, 6) is 7.36. The molecule has 1 aromatic carbocycles. The summed E-state index contributed by atoms with van der Waals surface area (Å²) in [6.45, 7) is 3.20. The fourth-order valence-corrected chi connectivity index (χ4v) is 1.97. The summed E-state index contributed by atoms with van der Waals surface area (Å²) >= 11 is 0. The highest BCUT2D eigenvalue weighted by Gasteiger charge is 2.21. The molecule has 1 rings (SSSR count). The van der Waals surface area contributed by atoms with Crippen LogP contribution in [0.15, 0.2) is 12.1 Å². The first-order chi connectivity index (χ1) is 9.73. The van der Waals surface area contributed by atoms with Gasteiger partial charge in [-0.1, -0.05) is 6.92 Å². The molecule has 1 unspecified atom stereocenters. The van der Waals surface area contributed by atoms with Crippen molar-refractivity contribution in [1.29, 1.82) is 0 Å². The molecular weight excluding hydrogens is 260 g/mol. The number of benzene rings is 1. The number of ether oxygens (including phenoxy) is 4. The second-order valence-corrected chi connectivity index (χ2v) is 4.22. The van der Waals surface area contributed by atoms with E-state index in [1.807, 2.05) is 12.1 Å². The Morgan fingerprint density at radius 3 is 2.30 bits per heavy atom. The molecule has 0 bridgehead atoms. The van der Waals surface area contributed by atoms with Gasteiger partial charge < -0.3 is 18.9 Å². The summed E-state index contributed by atoms with van der Waals surface area (Å²) in [6, 6.07) is 3.53. The van der Waals surface area contributed by atoms with Crippen LogP contribution in [0.4, 0.5) is 0 Å². The Labute approximate surface area is 120 Å². The Hall–Kier alpha value is -1.50. The van der Waals surface area contributed by atoms with Crippen LogP contribution in [-0.2, 0) is 4.74 Å². The minimum Gasteiger partial charge on any atom is -0.493 e. The fraction of sp³-hybridized carbons (Fsp3) is 0.571. The molecule has 1 atom stereocenters. The van der Waals surface area contributed by atoms with Crippen molar-refractivity contribution < 1.29 is 18.9 Å². The van der Waals surface area contributed by atoms with Crippen molar-refractivity contribution in [1.82, 2.24) is 5.43 Å². The Morgan fingerprint density at radius 2 is 1.80 bits per heavy atom. The number of rotatable bonds is 9. The van der Waals surface area contributed by atoms with E-state index in [1.54, 1.807) is 21.3 Å². The first-order valence-electron chi connectivity index (χ1n) is 6.56. The van der Waals surface area contributed by atoms with Crippen molar-refractivity contribution in [2.45, 2.75) is 19.4 Å². The van der Waals surface area contributed by atoms with Crippen molar-refractivity contribution in [3.63, 3.8) is 0 Å². The largest absolute Gasteiger partial charge is 0.493 e. The molecule has 0 saturated carbocycles. The molecule has 0 amide bonds. The van der Waals surface area contributed by atoms with Gasteiger partial charge in [-0.2, -0.15) is 0 Å². The van der Waals surface area contributed by atoms with Gasteiger partial charge in [-0.05, 0) is 18.6 Å². The molecule has 20 heavy (non-hydrogen) atoms. The molecule has 6 heteroatoms. The van der Waals surface area contributed by atoms with Gasteiger partial charge in [0.1, 0.15) is 0 Å². The Morgan fingerprint density at radius 1 is 1.10 bits per heavy atom. The summed E-state index contributed by atoms with van der Waals surface area (Å²) < 4.78 is 21.6. The van der Waals surface area contributed by atoms with Crippen LogP contribution in [0.25, 0.3) is 0 Å². The SMILES string of the molecule is CCCOCC(NN)c1ccc(OC)c(OC)c1OC. The first kappa shape index (κ1) is 16.6. The van der Waals surface area contributed by atoms with Gasteiger partial charge in [-0.15, -0.1) is 0 Å². The minimum atomic E-state index is -0.184. The van der Waals surface area contributed by atoms with E-state index in [9.17, 15) is 0 Å². The maximum atomic E-state index is 5.62. The smallest absolute Gasteiger partial charge is 0.203 e. The third kappa shape index (κ3) is 3.75. The molecular formula is C14H24N2O4. The average molecular weight is 284 g/mol. The van der Waals surface area contributed by atoms with E-state index in [0.717, 1.165) is 12.0 Å². The lowest BCUT2D eigenvalue weighted by Crippen LogP contribution is -2.31. The summed E-state index contributed by atoms with van der Waals surface area (Å²) in [4.78, 5) is 0. The highest BCUT2D eigenvalue weighted by molar-refractivity contribution is 5.56. The average Bonchev–Trinajstić information content (AvgIpc) is 2.50. The second kappa shape index (κ2) is 8.63. The lowest BCUT2D eigenvalue weighted by atomic mass is 10.1. The van der Waals surface area contributed by atoms with Crippen LogP contribution in [0.2, 0.25) is 0 Å². The lowest BCUT2D eigenvalue weighted by molar-refractivity contribution is 0.111. The van der Waals surface area contributed by atoms with E-state index < -0.39 is 0 Å². The predicted octanol–water partition coefficient (Wildman–Crippen LogP) is 1.64. The second-order valence-electron chi connectivity index (χ2n) is 4.22. The number of hydrazine groups is 1. The minimum absolute atomic E-state index is 0.184. The van der Waals surface area contributed by atoms with E-state index in [1.165, 1.54) is 0 Å². The zero-order valence-corrected chi connectivity index (χ0v) is 12.6. The number of nitrogens with one attached hydrogen (secondary N) is 1. The molecule has 3 N–H and O–H groups in total. The molecule has 1 aromatic rings. The number of hydrogen-bond acceptors (Lipinski definition) is 6. The Kier molecular flexibility index (Phi) is 7.14. The van der Waals surface area contributed by atoms with Gasteiger partial charge in [0, 0.05) is 12.2 Å². The number of methoxy groups -OCH3 is 3. The Bertz CT molecular complexity index is 412. The van der Waals surface area contributed by atoms with Crippen molar-refractivity contribution in [2.75, 3.05) is 34.5 Å². The van der Waals surface area contributed by atoms with Crippen molar-refractivity contribution in [3.8, 4) is 17.2 Å². The van der Waals surface area contributed by atoms with E-state index >= 15 is 0 Å². The molecule has 0 aliphatic heterocycles. The summed E-state index contributed by atoms with van der Waals surface area (Å²) in [7, 11) is 4.74. The van der Waals surface area contributed by atoms with Gasteiger partial charge in [0.25, 0.3) is 0 Å². The topological polar surface area (TPSA) is 75.0 Å². The van der Waals surface area contributed by atoms with Crippen molar-refractivity contribution in [3.05, 3.63) is 17.7 Å². The summed E-state index contributed by atoms with van der Waals surface area (Å²) in [5.41, 5.74) is 3.60. The standard InChI is InChI=1S/C14H24N2O4/c1-5-8-20-9-11(16-15)10-6-7-12(17-2)14(19-4)13(10)18-3/h6-7,11,16H,5,8-9,15H2,1-4H3. The molecule has 0 aromatic heterocycles. The van der Waals surface area contributed by atoms with E-state index in [2.05, 4.69) is 12.3 Å². The maximum Gasteiger partial charge on any atom is 0.203 e. The summed E-state index contributed by atoms with van der Waals surface area (Å²) in [5, 5.41) is 0. The predicted molar refractivity (Wildman–Crippen MR) is 77.3 cm³/mol. The number of hydrogen-bond donors (Lipinski definition) is 2. The molecule has 0 saturated heterocycles. The quantitative estimate of drug-likeness (QED) is 0.408. The van der Waals surface area contributed by atoms with Gasteiger partial charge in [0.15, 0.2) is 11.5 Å². The molecule has 114 valence electrons. The molecule has 0 heterocycles. The zero-order chi connectivity index (χ0) is 15.0. The van der Waals surface area contributed by atoms with Crippen LogP contribution >= 0.6 is 0 Å². The molecule has 0 spiro atoms. The third-order valence-corrected chi connectivity index (χ3v) is 2.94. The molecule has 0 aliphatic carbocycles. The summed E-state index contributed by atoms with van der Waals surface area (Å²) in [6.07, 6.45) is 0.959. The van der Waals surface area contributed by atoms with Crippen LogP contribution in [0.5, 0.6) is 17.2 Å². The van der Waals surface area contributed by atoms with Gasteiger partial charge in [-0.25, -0.2) is 0 Å². The number of nitrogens with two attached hydrogens (primary N) is 1. The van der Waals surface area contributed by atoms with Gasteiger partial charge >= 0.3 is 0 Å². The van der Waals surface area contributed by atoms with Crippen LogP contribution in [0.1, 0.15) is 24.9 Å². The maximum absolute atomic E-state index is 5.62. The third-order valence-electron chi connectivity index (χ3n) is 2.94. The molecule has 0 aliphatic rings. The highest BCUT2D eigenvalue weighted by atomic mass is 16.5. The van der Waals surface area contributed by atoms with Crippen molar-refractivity contribution in [2.24, 2.45) is 5.84 Å². The zero-order valence-electron chi connectivity index (χ0n) is 12.6. The molecule has 0 radical (unpaired) electrons. The van der Waals surface area contributed by atoms with Gasteiger partial charge in [-0.3, -0.25) is 11.3 Å². The van der Waals surface area contributed by atoms with Crippen LogP contribution in [-0.4, -0.2) is 34.5 Å². The van der Waals surface area contributed by atoms with Crippen molar-refractivity contribution >= 4 is 0 Å². The molecule has 0 fully saturated rings. The highest BCUT2D eigenvalue weighted by Crippen LogP contribution is 2.41. The molecule has 6 nitrogen and oxygen atoms in total. The van der Waals surface area contributed by atoms with E-state index in [0.29, 0.717) is 30.5 Å². The van der Waals surface area contributed by atoms with Crippen LogP contribution in [0, 0.1) is 0 Å².